The molecule has 0 radical (unpaired) electrons. The van der Waals surface area contributed by atoms with Gasteiger partial charge in [0.25, 0.3) is 0 Å². The molecule has 0 saturated heterocycles. The van der Waals surface area contributed by atoms with Gasteiger partial charge in [0.2, 0.25) is 0 Å². The van der Waals surface area contributed by atoms with E-state index in [-0.39, 0.29) is 0 Å². The summed E-state index contributed by atoms with van der Waals surface area (Å²) in [5.41, 5.74) is 0. The van der Waals surface area contributed by atoms with Crippen molar-refractivity contribution in [1.82, 2.24) is 0 Å². The summed E-state index contributed by atoms with van der Waals surface area (Å²) in [7, 11) is 0. The number of hydrogen-bond donors (Lipinski definition) is 2. The van der Waals surface area contributed by atoms with E-state index in [1.54, 1.807) is 0 Å². The Morgan fingerprint density at radius 2 is 1.92 bits per heavy atom. The van der Waals surface area contributed by atoms with Gasteiger partial charge >= 0.3 is 12.1 Å². The number of alkyl halides is 3. The van der Waals surface area contributed by atoms with Gasteiger partial charge in [0.15, 0.2) is 5.92 Å². The Hall–Kier alpha value is -0.780. The SMILES string of the molecule is CC(CO)CC(C(=O)O)C(F)(F)F. The molecule has 0 spiro atoms. The van der Waals surface area contributed by atoms with Gasteiger partial charge in [-0.2, -0.15) is 13.2 Å². The van der Waals surface area contributed by atoms with Crippen molar-refractivity contribution in [3.05, 3.63) is 0 Å². The van der Waals surface area contributed by atoms with Crippen LogP contribution in [0.1, 0.15) is 13.3 Å². The molecule has 78 valence electrons. The lowest BCUT2D eigenvalue weighted by Crippen LogP contribution is -2.32. The molecule has 3 nitrogen and oxygen atoms in total. The van der Waals surface area contributed by atoms with Gasteiger partial charge in [-0.1, -0.05) is 6.92 Å². The molecule has 0 aliphatic carbocycles. The Morgan fingerprint density at radius 1 is 1.46 bits per heavy atom. The molecule has 0 amide bonds. The van der Waals surface area contributed by atoms with Gasteiger partial charge in [-0.3, -0.25) is 4.79 Å². The van der Waals surface area contributed by atoms with Crippen molar-refractivity contribution >= 4 is 5.97 Å². The van der Waals surface area contributed by atoms with Gasteiger partial charge in [0.05, 0.1) is 0 Å². The zero-order valence-electron chi connectivity index (χ0n) is 7.01. The van der Waals surface area contributed by atoms with Crippen LogP contribution >= 0.6 is 0 Å². The summed E-state index contributed by atoms with van der Waals surface area (Å²) in [5, 5.41) is 16.7. The smallest absolute Gasteiger partial charge is 0.402 e. The molecule has 0 aromatic carbocycles. The predicted octanol–water partition coefficient (Wildman–Crippen LogP) is 1.27. The van der Waals surface area contributed by atoms with E-state index in [2.05, 4.69) is 0 Å². The second kappa shape index (κ2) is 4.45. The maximum absolute atomic E-state index is 12.0. The second-order valence-corrected chi connectivity index (χ2v) is 2.96. The lowest BCUT2D eigenvalue weighted by molar-refractivity contribution is -0.196. The van der Waals surface area contributed by atoms with Crippen LogP contribution in [0.4, 0.5) is 13.2 Å². The minimum absolute atomic E-state index is 0.445. The van der Waals surface area contributed by atoms with Crippen molar-refractivity contribution in [1.29, 1.82) is 0 Å². The first-order valence-corrected chi connectivity index (χ1v) is 3.69. The van der Waals surface area contributed by atoms with Crippen LogP contribution in [0.15, 0.2) is 0 Å². The lowest BCUT2D eigenvalue weighted by atomic mass is 9.96. The van der Waals surface area contributed by atoms with E-state index in [4.69, 9.17) is 10.2 Å². The maximum Gasteiger partial charge on any atom is 0.402 e. The monoisotopic (exact) mass is 200 g/mol. The third kappa shape index (κ3) is 4.12. The molecule has 2 unspecified atom stereocenters. The summed E-state index contributed by atoms with van der Waals surface area (Å²) in [6.45, 7) is 0.918. The van der Waals surface area contributed by atoms with Gasteiger partial charge in [-0.15, -0.1) is 0 Å². The molecule has 0 saturated carbocycles. The van der Waals surface area contributed by atoms with Gasteiger partial charge < -0.3 is 10.2 Å². The van der Waals surface area contributed by atoms with Crippen molar-refractivity contribution in [3.8, 4) is 0 Å². The van der Waals surface area contributed by atoms with Gasteiger partial charge in [-0.05, 0) is 12.3 Å². The Kier molecular flexibility index (Phi) is 4.19. The van der Waals surface area contributed by atoms with Crippen molar-refractivity contribution in [2.75, 3.05) is 6.61 Å². The van der Waals surface area contributed by atoms with E-state index in [1.165, 1.54) is 6.92 Å². The molecule has 2 atom stereocenters. The van der Waals surface area contributed by atoms with E-state index in [0.29, 0.717) is 0 Å². The average Bonchev–Trinajstić information content (AvgIpc) is 1.96. The van der Waals surface area contributed by atoms with Crippen molar-refractivity contribution in [3.63, 3.8) is 0 Å². The van der Waals surface area contributed by atoms with Crippen molar-refractivity contribution in [2.24, 2.45) is 11.8 Å². The van der Waals surface area contributed by atoms with Gasteiger partial charge in [0, 0.05) is 6.61 Å². The zero-order valence-corrected chi connectivity index (χ0v) is 7.01. The molecule has 0 aliphatic rings. The van der Waals surface area contributed by atoms with Crippen LogP contribution in [0.25, 0.3) is 0 Å². The Morgan fingerprint density at radius 3 is 2.15 bits per heavy atom. The minimum Gasteiger partial charge on any atom is -0.481 e. The number of carboxylic acids is 1. The topological polar surface area (TPSA) is 57.5 Å². The van der Waals surface area contributed by atoms with Crippen LogP contribution in [0.2, 0.25) is 0 Å². The fourth-order valence-electron chi connectivity index (χ4n) is 0.851. The molecule has 13 heavy (non-hydrogen) atoms. The highest BCUT2D eigenvalue weighted by Crippen LogP contribution is 2.31. The predicted molar refractivity (Wildman–Crippen MR) is 38.0 cm³/mol. The molecular weight excluding hydrogens is 189 g/mol. The Labute approximate surface area is 73.2 Å². The van der Waals surface area contributed by atoms with Crippen LogP contribution in [0.5, 0.6) is 0 Å². The molecular formula is C7H11F3O3. The minimum atomic E-state index is -4.74. The first kappa shape index (κ1) is 12.2. The number of carbonyl (C=O) groups is 1. The fourth-order valence-corrected chi connectivity index (χ4v) is 0.851. The van der Waals surface area contributed by atoms with Crippen LogP contribution < -0.4 is 0 Å². The number of carboxylic acid groups (broad SMARTS) is 1. The second-order valence-electron chi connectivity index (χ2n) is 2.96. The molecule has 6 heteroatoms. The highest BCUT2D eigenvalue weighted by molar-refractivity contribution is 5.70. The third-order valence-corrected chi connectivity index (χ3v) is 1.64. The first-order chi connectivity index (χ1) is 5.79. The lowest BCUT2D eigenvalue weighted by Gasteiger charge is -2.18. The molecule has 0 aliphatic heterocycles. The van der Waals surface area contributed by atoms with Gasteiger partial charge in [0.1, 0.15) is 0 Å². The normalized spacial score (nSPS) is 16.7. The molecule has 0 rings (SSSR count). The molecule has 0 heterocycles. The summed E-state index contributed by atoms with van der Waals surface area (Å²) in [6, 6.07) is 0. The molecule has 2 N–H and O–H groups in total. The van der Waals surface area contributed by atoms with Crippen LogP contribution in [-0.4, -0.2) is 29.0 Å². The van der Waals surface area contributed by atoms with E-state index >= 15 is 0 Å². The summed E-state index contributed by atoms with van der Waals surface area (Å²) < 4.78 is 36.0. The van der Waals surface area contributed by atoms with Crippen LogP contribution in [0.3, 0.4) is 0 Å². The number of aliphatic hydroxyl groups is 1. The zero-order chi connectivity index (χ0) is 10.6. The number of rotatable bonds is 4. The molecule has 0 aromatic heterocycles. The number of hydrogen-bond acceptors (Lipinski definition) is 2. The summed E-state index contributed by atoms with van der Waals surface area (Å²) in [4.78, 5) is 10.2. The number of aliphatic hydroxyl groups excluding tert-OH is 1. The largest absolute Gasteiger partial charge is 0.481 e. The highest BCUT2D eigenvalue weighted by Gasteiger charge is 2.45. The summed E-state index contributed by atoms with van der Waals surface area (Å²) in [5.74, 6) is -4.94. The van der Waals surface area contributed by atoms with Gasteiger partial charge in [-0.25, -0.2) is 0 Å². The third-order valence-electron chi connectivity index (χ3n) is 1.64. The Bertz CT molecular complexity index is 178. The van der Waals surface area contributed by atoms with E-state index < -0.39 is 37.0 Å². The Balaban J connectivity index is 4.37. The summed E-state index contributed by atoms with van der Waals surface area (Å²) in [6.07, 6.45) is -5.33. The average molecular weight is 200 g/mol. The van der Waals surface area contributed by atoms with E-state index in [9.17, 15) is 18.0 Å². The maximum atomic E-state index is 12.0. The van der Waals surface area contributed by atoms with E-state index in [0.717, 1.165) is 0 Å². The van der Waals surface area contributed by atoms with Crippen molar-refractivity contribution in [2.45, 2.75) is 19.5 Å². The van der Waals surface area contributed by atoms with Crippen LogP contribution in [-0.2, 0) is 4.79 Å². The quantitative estimate of drug-likeness (QED) is 0.718. The highest BCUT2D eigenvalue weighted by atomic mass is 19.4. The van der Waals surface area contributed by atoms with E-state index in [1.807, 2.05) is 0 Å². The van der Waals surface area contributed by atoms with Crippen molar-refractivity contribution < 1.29 is 28.2 Å². The standard InChI is InChI=1S/C7H11F3O3/c1-4(3-11)2-5(6(12)13)7(8,9)10/h4-5,11H,2-3H2,1H3,(H,12,13). The molecule has 0 aromatic rings. The summed E-state index contributed by atoms with van der Waals surface area (Å²) >= 11 is 0. The fraction of sp³-hybridized carbons (Fsp3) is 0.857. The first-order valence-electron chi connectivity index (χ1n) is 3.69. The number of aliphatic carboxylic acids is 1. The molecule has 0 fully saturated rings. The van der Waals surface area contributed by atoms with Crippen LogP contribution in [0, 0.1) is 11.8 Å². The molecule has 0 bridgehead atoms. The number of halogens is 3.